The molecular formula is C17H16O2. The molecule has 0 unspecified atom stereocenters. The quantitative estimate of drug-likeness (QED) is 0.600. The third-order valence-electron chi connectivity index (χ3n) is 3.10. The first-order valence-corrected chi connectivity index (χ1v) is 6.34. The first-order chi connectivity index (χ1) is 9.20. The van der Waals surface area contributed by atoms with Crippen molar-refractivity contribution in [1.29, 1.82) is 0 Å². The number of hydrogen-bond donors (Lipinski definition) is 0. The van der Waals surface area contributed by atoms with Gasteiger partial charge < -0.3 is 4.79 Å². The topological polar surface area (TPSA) is 34.1 Å². The van der Waals surface area contributed by atoms with Crippen LogP contribution in [0.15, 0.2) is 48.5 Å². The Hall–Kier alpha value is -2.22. The predicted octanol–water partition coefficient (Wildman–Crippen LogP) is 3.69. The van der Waals surface area contributed by atoms with Gasteiger partial charge in [-0.25, -0.2) is 0 Å². The van der Waals surface area contributed by atoms with Crippen molar-refractivity contribution >= 4 is 12.1 Å². The summed E-state index contributed by atoms with van der Waals surface area (Å²) >= 11 is 0. The number of aldehydes is 1. The third-order valence-corrected chi connectivity index (χ3v) is 3.10. The minimum absolute atomic E-state index is 0.0753. The molecule has 2 rings (SSSR count). The summed E-state index contributed by atoms with van der Waals surface area (Å²) in [6.07, 6.45) is 2.25. The minimum atomic E-state index is 0.0753. The van der Waals surface area contributed by atoms with Crippen LogP contribution in [0.2, 0.25) is 0 Å². The van der Waals surface area contributed by atoms with E-state index in [-0.39, 0.29) is 5.78 Å². The molecule has 0 bridgehead atoms. The van der Waals surface area contributed by atoms with Gasteiger partial charge in [-0.2, -0.15) is 0 Å². The highest BCUT2D eigenvalue weighted by Gasteiger charge is 2.02. The number of carbonyl (C=O) groups excluding carboxylic acids is 2. The van der Waals surface area contributed by atoms with Crippen molar-refractivity contribution in [3.8, 4) is 11.1 Å². The summed E-state index contributed by atoms with van der Waals surface area (Å²) in [6.45, 7) is 1.56. The van der Waals surface area contributed by atoms with Gasteiger partial charge in [-0.1, -0.05) is 48.5 Å². The molecule has 0 saturated heterocycles. The average Bonchev–Trinajstić information content (AvgIpc) is 2.45. The fourth-order valence-electron chi connectivity index (χ4n) is 2.03. The van der Waals surface area contributed by atoms with E-state index in [9.17, 15) is 9.59 Å². The molecule has 0 aromatic heterocycles. The molecule has 2 nitrogen and oxygen atoms in total. The van der Waals surface area contributed by atoms with Crippen molar-refractivity contribution in [3.05, 3.63) is 59.7 Å². The van der Waals surface area contributed by atoms with Gasteiger partial charge in [0.15, 0.2) is 5.78 Å². The summed E-state index contributed by atoms with van der Waals surface area (Å²) < 4.78 is 0. The number of carbonyl (C=O) groups is 2. The zero-order valence-corrected chi connectivity index (χ0v) is 10.9. The van der Waals surface area contributed by atoms with Crippen LogP contribution >= 0.6 is 0 Å². The molecule has 96 valence electrons. The average molecular weight is 252 g/mol. The number of rotatable bonds is 5. The summed E-state index contributed by atoms with van der Waals surface area (Å²) in [5.74, 6) is 0.0753. The van der Waals surface area contributed by atoms with E-state index >= 15 is 0 Å². The fraction of sp³-hybridized carbons (Fsp3) is 0.176. The van der Waals surface area contributed by atoms with Gasteiger partial charge in [-0.05, 0) is 30.0 Å². The van der Waals surface area contributed by atoms with Crippen molar-refractivity contribution in [2.24, 2.45) is 0 Å². The van der Waals surface area contributed by atoms with Gasteiger partial charge in [0.1, 0.15) is 6.29 Å². The first-order valence-electron chi connectivity index (χ1n) is 6.34. The van der Waals surface area contributed by atoms with Crippen molar-refractivity contribution in [3.63, 3.8) is 0 Å². The van der Waals surface area contributed by atoms with Crippen LogP contribution in [-0.2, 0) is 11.2 Å². The minimum Gasteiger partial charge on any atom is -0.303 e. The SMILES string of the molecule is CC(=O)c1ccc(-c2cccc(CCC=O)c2)cc1. The van der Waals surface area contributed by atoms with Crippen LogP contribution in [0.5, 0.6) is 0 Å². The van der Waals surface area contributed by atoms with E-state index in [0.29, 0.717) is 6.42 Å². The Balaban J connectivity index is 2.25. The predicted molar refractivity (Wildman–Crippen MR) is 76.3 cm³/mol. The summed E-state index contributed by atoms with van der Waals surface area (Å²) in [6, 6.07) is 15.7. The molecule has 0 fully saturated rings. The van der Waals surface area contributed by atoms with E-state index in [4.69, 9.17) is 0 Å². The van der Waals surface area contributed by atoms with E-state index in [1.165, 1.54) is 0 Å². The number of benzene rings is 2. The fourth-order valence-corrected chi connectivity index (χ4v) is 2.03. The Kier molecular flexibility index (Phi) is 4.24. The second kappa shape index (κ2) is 6.10. The van der Waals surface area contributed by atoms with Crippen molar-refractivity contribution in [2.75, 3.05) is 0 Å². The third kappa shape index (κ3) is 3.38. The van der Waals surface area contributed by atoms with Crippen molar-refractivity contribution in [1.82, 2.24) is 0 Å². The van der Waals surface area contributed by atoms with Gasteiger partial charge in [-0.3, -0.25) is 4.79 Å². The van der Waals surface area contributed by atoms with Crippen LogP contribution in [0.1, 0.15) is 29.3 Å². The first kappa shape index (κ1) is 13.2. The van der Waals surface area contributed by atoms with Crippen LogP contribution in [0.25, 0.3) is 11.1 Å². The second-order valence-corrected chi connectivity index (χ2v) is 4.54. The largest absolute Gasteiger partial charge is 0.303 e. The Morgan fingerprint density at radius 2 is 1.79 bits per heavy atom. The van der Waals surface area contributed by atoms with Gasteiger partial charge in [0.2, 0.25) is 0 Å². The summed E-state index contributed by atoms with van der Waals surface area (Å²) in [4.78, 5) is 21.6. The van der Waals surface area contributed by atoms with E-state index in [1.54, 1.807) is 6.92 Å². The lowest BCUT2D eigenvalue weighted by molar-refractivity contribution is -0.107. The Bertz CT molecular complexity index is 582. The van der Waals surface area contributed by atoms with Gasteiger partial charge in [0, 0.05) is 12.0 Å². The second-order valence-electron chi connectivity index (χ2n) is 4.54. The van der Waals surface area contributed by atoms with E-state index in [0.717, 1.165) is 35.0 Å². The molecular weight excluding hydrogens is 236 g/mol. The normalized spacial score (nSPS) is 10.2. The zero-order valence-electron chi connectivity index (χ0n) is 10.9. The highest BCUT2D eigenvalue weighted by molar-refractivity contribution is 5.94. The van der Waals surface area contributed by atoms with Gasteiger partial charge in [0.05, 0.1) is 0 Å². The Labute approximate surface area is 113 Å². The summed E-state index contributed by atoms with van der Waals surface area (Å²) in [5.41, 5.74) is 4.07. The van der Waals surface area contributed by atoms with Crippen LogP contribution in [-0.4, -0.2) is 12.1 Å². The van der Waals surface area contributed by atoms with Crippen LogP contribution in [0.4, 0.5) is 0 Å². The zero-order chi connectivity index (χ0) is 13.7. The number of Topliss-reactive ketones (excluding diaryl/α,β-unsaturated/α-hetero) is 1. The lowest BCUT2D eigenvalue weighted by Crippen LogP contribution is -1.91. The molecule has 0 saturated carbocycles. The molecule has 0 aliphatic rings. The molecule has 2 heteroatoms. The molecule has 2 aromatic rings. The Morgan fingerprint density at radius 1 is 1.05 bits per heavy atom. The van der Waals surface area contributed by atoms with Crippen LogP contribution < -0.4 is 0 Å². The molecule has 0 aliphatic carbocycles. The molecule has 0 amide bonds. The van der Waals surface area contributed by atoms with Crippen molar-refractivity contribution in [2.45, 2.75) is 19.8 Å². The number of hydrogen-bond acceptors (Lipinski definition) is 2. The molecule has 0 atom stereocenters. The standard InChI is InChI=1S/C17H16O2/c1-13(19)15-7-9-16(10-8-15)17-6-2-4-14(12-17)5-3-11-18/h2,4,6-12H,3,5H2,1H3. The van der Waals surface area contributed by atoms with Crippen LogP contribution in [0.3, 0.4) is 0 Å². The highest BCUT2D eigenvalue weighted by atomic mass is 16.1. The van der Waals surface area contributed by atoms with Gasteiger partial charge >= 0.3 is 0 Å². The highest BCUT2D eigenvalue weighted by Crippen LogP contribution is 2.21. The summed E-state index contributed by atoms with van der Waals surface area (Å²) in [5, 5.41) is 0. The van der Waals surface area contributed by atoms with E-state index in [2.05, 4.69) is 6.07 Å². The van der Waals surface area contributed by atoms with Gasteiger partial charge in [-0.15, -0.1) is 0 Å². The van der Waals surface area contributed by atoms with E-state index < -0.39 is 0 Å². The lowest BCUT2D eigenvalue weighted by Gasteiger charge is -2.05. The molecule has 0 heterocycles. The molecule has 0 N–H and O–H groups in total. The molecule has 2 aromatic carbocycles. The maximum atomic E-state index is 11.2. The number of ketones is 1. The number of aryl methyl sites for hydroxylation is 1. The maximum absolute atomic E-state index is 11.2. The van der Waals surface area contributed by atoms with Crippen molar-refractivity contribution < 1.29 is 9.59 Å². The van der Waals surface area contributed by atoms with Gasteiger partial charge in [0.25, 0.3) is 0 Å². The molecule has 0 aliphatic heterocycles. The monoisotopic (exact) mass is 252 g/mol. The lowest BCUT2D eigenvalue weighted by atomic mass is 9.99. The smallest absolute Gasteiger partial charge is 0.159 e. The molecule has 0 radical (unpaired) electrons. The Morgan fingerprint density at radius 3 is 2.42 bits per heavy atom. The summed E-state index contributed by atoms with van der Waals surface area (Å²) in [7, 11) is 0. The maximum Gasteiger partial charge on any atom is 0.159 e. The van der Waals surface area contributed by atoms with Crippen LogP contribution in [0, 0.1) is 0 Å². The molecule has 19 heavy (non-hydrogen) atoms. The molecule has 0 spiro atoms. The van der Waals surface area contributed by atoms with E-state index in [1.807, 2.05) is 42.5 Å².